The lowest BCUT2D eigenvalue weighted by Crippen LogP contribution is -2.33. The molecule has 0 aliphatic heterocycles. The second kappa shape index (κ2) is 7.45. The van der Waals surface area contributed by atoms with Crippen molar-refractivity contribution in [2.75, 3.05) is 0 Å². The minimum atomic E-state index is -0.687. The molecule has 108 valence electrons. The van der Waals surface area contributed by atoms with Crippen LogP contribution in [0.4, 0.5) is 4.79 Å². The first-order chi connectivity index (χ1) is 8.67. The molecule has 5 N–H and O–H groups in total. The molecule has 0 aromatic rings. The largest absolute Gasteiger partial charge is 0.350 e. The van der Waals surface area contributed by atoms with Gasteiger partial charge in [0.2, 0.25) is 0 Å². The highest BCUT2D eigenvalue weighted by Gasteiger charge is 2.28. The van der Waals surface area contributed by atoms with Gasteiger partial charge in [0.05, 0.1) is 16.2 Å². The first kappa shape index (κ1) is 17.0. The molecule has 0 aromatic heterocycles. The molecule has 8 heteroatoms. The van der Waals surface area contributed by atoms with Crippen LogP contribution in [-0.4, -0.2) is 22.9 Å². The van der Waals surface area contributed by atoms with E-state index in [1.165, 1.54) is 6.21 Å². The van der Waals surface area contributed by atoms with E-state index in [-0.39, 0.29) is 16.3 Å². The summed E-state index contributed by atoms with van der Waals surface area (Å²) in [5, 5.41) is 7.36. The van der Waals surface area contributed by atoms with E-state index in [1.807, 2.05) is 20.8 Å². The molecular weight excluding hydrogens is 248 g/mol. The summed E-state index contributed by atoms with van der Waals surface area (Å²) in [6.07, 6.45) is 2.93. The van der Waals surface area contributed by atoms with Crippen LogP contribution >= 0.6 is 0 Å². The van der Waals surface area contributed by atoms with Crippen molar-refractivity contribution in [3.05, 3.63) is 4.91 Å². The molecule has 0 radical (unpaired) electrons. The molecular formula is C11H23N6O2+. The molecule has 1 atom stereocenters. The molecule has 2 amide bonds. The SMILES string of the molecule is C/C(=N/NC(N)=O)C(C)(C)[C@@H](C)CC/C=N/[N+](N)=O. The lowest BCUT2D eigenvalue weighted by Gasteiger charge is -2.31. The summed E-state index contributed by atoms with van der Waals surface area (Å²) in [4.78, 5) is 21.0. The van der Waals surface area contributed by atoms with Gasteiger partial charge in [-0.25, -0.2) is 10.2 Å². The number of nitrogens with two attached hydrogens (primary N) is 2. The quantitative estimate of drug-likeness (QED) is 0.278. The summed E-state index contributed by atoms with van der Waals surface area (Å²) in [5.41, 5.74) is 7.76. The number of amides is 2. The molecule has 0 saturated carbocycles. The highest BCUT2D eigenvalue weighted by Crippen LogP contribution is 2.31. The van der Waals surface area contributed by atoms with Crippen LogP contribution < -0.4 is 17.0 Å². The molecule has 0 heterocycles. The van der Waals surface area contributed by atoms with E-state index in [9.17, 15) is 9.70 Å². The Bertz CT molecular complexity index is 389. The summed E-state index contributed by atoms with van der Waals surface area (Å²) in [6, 6.07) is -0.687. The van der Waals surface area contributed by atoms with Gasteiger partial charge >= 0.3 is 6.03 Å². The average molecular weight is 271 g/mol. The Morgan fingerprint density at radius 2 is 2.11 bits per heavy atom. The van der Waals surface area contributed by atoms with E-state index in [0.717, 1.165) is 12.1 Å². The van der Waals surface area contributed by atoms with Crippen LogP contribution in [0.3, 0.4) is 0 Å². The number of carbonyl (C=O) groups excluding carboxylic acids is 1. The average Bonchev–Trinajstić information content (AvgIpc) is 2.30. The van der Waals surface area contributed by atoms with E-state index < -0.39 is 6.03 Å². The van der Waals surface area contributed by atoms with Gasteiger partial charge in [0.1, 0.15) is 0 Å². The zero-order valence-electron chi connectivity index (χ0n) is 11.9. The van der Waals surface area contributed by atoms with Gasteiger partial charge in [-0.15, -0.1) is 5.84 Å². The third kappa shape index (κ3) is 6.49. The van der Waals surface area contributed by atoms with E-state index >= 15 is 0 Å². The summed E-state index contributed by atoms with van der Waals surface area (Å²) >= 11 is 0. The number of carbonyl (C=O) groups is 1. The van der Waals surface area contributed by atoms with Crippen molar-refractivity contribution in [1.29, 1.82) is 0 Å². The van der Waals surface area contributed by atoms with Crippen molar-refractivity contribution >= 4 is 18.0 Å². The minimum absolute atomic E-state index is 0.0271. The Labute approximate surface area is 112 Å². The van der Waals surface area contributed by atoms with Gasteiger partial charge in [-0.3, -0.25) is 0 Å². The third-order valence-electron chi connectivity index (χ3n) is 3.42. The van der Waals surface area contributed by atoms with Crippen LogP contribution in [0.1, 0.15) is 40.5 Å². The number of hydrazine groups is 1. The maximum atomic E-state index is 10.6. The number of nitroso groups, excluding NO2 is 1. The van der Waals surface area contributed by atoms with E-state index in [4.69, 9.17) is 11.6 Å². The Kier molecular flexibility index (Phi) is 6.67. The molecule has 0 aliphatic rings. The van der Waals surface area contributed by atoms with Crippen LogP contribution in [0.5, 0.6) is 0 Å². The van der Waals surface area contributed by atoms with Gasteiger partial charge in [-0.05, 0) is 25.7 Å². The van der Waals surface area contributed by atoms with Gasteiger partial charge in [-0.1, -0.05) is 20.8 Å². The first-order valence-corrected chi connectivity index (χ1v) is 6.02. The number of nitrogens with one attached hydrogen (secondary N) is 1. The molecule has 0 bridgehead atoms. The second-order valence-corrected chi connectivity index (χ2v) is 4.97. The van der Waals surface area contributed by atoms with Crippen LogP contribution in [-0.2, 0) is 0 Å². The number of urea groups is 1. The molecule has 0 rings (SSSR count). The van der Waals surface area contributed by atoms with E-state index in [2.05, 4.69) is 22.6 Å². The molecule has 0 unspecified atom stereocenters. The zero-order chi connectivity index (χ0) is 15.1. The van der Waals surface area contributed by atoms with Crippen molar-refractivity contribution in [2.24, 2.45) is 33.1 Å². The van der Waals surface area contributed by atoms with Crippen LogP contribution in [0, 0.1) is 16.2 Å². The van der Waals surface area contributed by atoms with Gasteiger partial charge < -0.3 is 5.73 Å². The number of hydrogen-bond donors (Lipinski definition) is 3. The number of rotatable bonds is 7. The molecule has 0 spiro atoms. The smallest absolute Gasteiger partial charge is 0.332 e. The van der Waals surface area contributed by atoms with E-state index in [0.29, 0.717) is 6.42 Å². The summed E-state index contributed by atoms with van der Waals surface area (Å²) in [6.45, 7) is 7.95. The van der Waals surface area contributed by atoms with Crippen LogP contribution in [0.25, 0.3) is 0 Å². The predicted molar refractivity (Wildman–Crippen MR) is 74.3 cm³/mol. The molecule has 0 saturated heterocycles. The highest BCUT2D eigenvalue weighted by molar-refractivity contribution is 5.88. The van der Waals surface area contributed by atoms with Gasteiger partial charge in [0.25, 0.3) is 4.98 Å². The molecule has 19 heavy (non-hydrogen) atoms. The fourth-order valence-electron chi connectivity index (χ4n) is 1.46. The second-order valence-electron chi connectivity index (χ2n) is 4.97. The fraction of sp³-hybridized carbons (Fsp3) is 0.727. The summed E-state index contributed by atoms with van der Waals surface area (Å²) in [7, 11) is 0. The van der Waals surface area contributed by atoms with E-state index in [1.54, 1.807) is 0 Å². The Morgan fingerprint density at radius 3 is 2.58 bits per heavy atom. The van der Waals surface area contributed by atoms with Crippen molar-refractivity contribution in [2.45, 2.75) is 40.5 Å². The third-order valence-corrected chi connectivity index (χ3v) is 3.42. The minimum Gasteiger partial charge on any atom is -0.350 e. The zero-order valence-corrected chi connectivity index (χ0v) is 11.9. The number of hydrazone groups is 2. The van der Waals surface area contributed by atoms with Gasteiger partial charge in [0.15, 0.2) is 0 Å². The van der Waals surface area contributed by atoms with Crippen molar-refractivity contribution in [1.82, 2.24) is 5.43 Å². The normalized spacial score (nSPS) is 14.4. The predicted octanol–water partition coefficient (Wildman–Crippen LogP) is 1.11. The van der Waals surface area contributed by atoms with Crippen molar-refractivity contribution in [3.8, 4) is 0 Å². The summed E-state index contributed by atoms with van der Waals surface area (Å²) < 4.78 is 0. The fourth-order valence-corrected chi connectivity index (χ4v) is 1.46. The van der Waals surface area contributed by atoms with Gasteiger partial charge in [0, 0.05) is 11.1 Å². The molecule has 0 aliphatic carbocycles. The topological polar surface area (TPSA) is 126 Å². The summed E-state index contributed by atoms with van der Waals surface area (Å²) in [5.74, 6) is 5.09. The number of nitrogens with zero attached hydrogens (tertiary/aromatic N) is 3. The van der Waals surface area contributed by atoms with Crippen molar-refractivity contribution < 1.29 is 9.77 Å². The standard InChI is InChI=1S/C11H22N6O2/c1-8(6-5-7-14-17(13)19)11(3,4)9(2)15-16-10(12)18/h7-8H,5-6H2,1-4H3,(H4-,12,13,16,18,19)/p+1/b14-7+,15-9-/t8-/m0/s1. The lowest BCUT2D eigenvalue weighted by molar-refractivity contribution is -0.565. The Morgan fingerprint density at radius 1 is 1.53 bits per heavy atom. The van der Waals surface area contributed by atoms with Crippen LogP contribution in [0.2, 0.25) is 0 Å². The van der Waals surface area contributed by atoms with Crippen molar-refractivity contribution in [3.63, 3.8) is 0 Å². The van der Waals surface area contributed by atoms with Crippen LogP contribution in [0.15, 0.2) is 10.2 Å². The highest BCUT2D eigenvalue weighted by atomic mass is 16.3. The molecule has 8 nitrogen and oxygen atoms in total. The maximum absolute atomic E-state index is 10.6. The lowest BCUT2D eigenvalue weighted by atomic mass is 9.74. The maximum Gasteiger partial charge on any atom is 0.332 e. The molecule has 0 aromatic carbocycles. The number of primary amides is 1. The monoisotopic (exact) mass is 271 g/mol. The first-order valence-electron chi connectivity index (χ1n) is 6.02. The number of hydrogen-bond acceptors (Lipinski definition) is 3. The Hall–Kier alpha value is -1.99. The Balaban J connectivity index is 4.49. The van der Waals surface area contributed by atoms with Gasteiger partial charge in [-0.2, -0.15) is 5.10 Å². The molecule has 0 fully saturated rings.